The Kier molecular flexibility index (Phi) is 5.05. The number of aryl methyl sites for hydroxylation is 1. The Hall–Kier alpha value is -3.49. The normalized spacial score (nSPS) is 27.2. The van der Waals surface area contributed by atoms with Crippen LogP contribution in [0.3, 0.4) is 0 Å². The lowest BCUT2D eigenvalue weighted by Crippen LogP contribution is -2.53. The van der Waals surface area contributed by atoms with Crippen LogP contribution in [0.15, 0.2) is 48.7 Å². The number of para-hydroxylation sites is 2. The summed E-state index contributed by atoms with van der Waals surface area (Å²) < 4.78 is 5.14. The van der Waals surface area contributed by atoms with Crippen molar-refractivity contribution in [2.24, 2.45) is 11.8 Å². The molecule has 0 saturated carbocycles. The van der Waals surface area contributed by atoms with Crippen LogP contribution in [0.5, 0.6) is 0 Å². The molecular formula is C27H28N4O4. The van der Waals surface area contributed by atoms with E-state index in [-0.39, 0.29) is 30.3 Å². The van der Waals surface area contributed by atoms with Crippen LogP contribution < -0.4 is 10.6 Å². The fraction of sp³-hybridized carbons (Fsp3) is 0.370. The quantitative estimate of drug-likeness (QED) is 0.378. The van der Waals surface area contributed by atoms with Gasteiger partial charge in [-0.1, -0.05) is 36.4 Å². The van der Waals surface area contributed by atoms with Gasteiger partial charge >= 0.3 is 0 Å². The van der Waals surface area contributed by atoms with Gasteiger partial charge in [0.2, 0.25) is 17.7 Å². The number of imide groups is 1. The van der Waals surface area contributed by atoms with Crippen molar-refractivity contribution in [1.29, 1.82) is 0 Å². The van der Waals surface area contributed by atoms with Crippen molar-refractivity contribution in [3.8, 4) is 0 Å². The summed E-state index contributed by atoms with van der Waals surface area (Å²) >= 11 is 0. The summed E-state index contributed by atoms with van der Waals surface area (Å²) in [7, 11) is 1.60. The largest absolute Gasteiger partial charge is 0.385 e. The summed E-state index contributed by atoms with van der Waals surface area (Å²) in [6.45, 7) is 2.68. The zero-order valence-corrected chi connectivity index (χ0v) is 19.8. The van der Waals surface area contributed by atoms with Crippen molar-refractivity contribution in [3.63, 3.8) is 0 Å². The highest BCUT2D eigenvalue weighted by molar-refractivity contribution is 6.15. The summed E-state index contributed by atoms with van der Waals surface area (Å²) in [6, 6.07) is 13.4. The summed E-state index contributed by atoms with van der Waals surface area (Å²) in [5, 5.41) is 7.62. The number of methoxy groups -OCH3 is 1. The Bertz CT molecular complexity index is 1360. The highest BCUT2D eigenvalue weighted by Crippen LogP contribution is 2.54. The molecule has 8 heteroatoms. The van der Waals surface area contributed by atoms with E-state index in [1.165, 1.54) is 4.90 Å². The van der Waals surface area contributed by atoms with Gasteiger partial charge in [-0.25, -0.2) is 0 Å². The second-order valence-electron chi connectivity index (χ2n) is 9.75. The molecule has 3 amide bonds. The number of nitrogens with one attached hydrogen (secondary N) is 3. The van der Waals surface area contributed by atoms with Gasteiger partial charge in [-0.15, -0.1) is 0 Å². The van der Waals surface area contributed by atoms with Crippen molar-refractivity contribution >= 4 is 34.3 Å². The minimum Gasteiger partial charge on any atom is -0.385 e. The summed E-state index contributed by atoms with van der Waals surface area (Å²) in [4.78, 5) is 45.8. The van der Waals surface area contributed by atoms with Crippen molar-refractivity contribution in [3.05, 3.63) is 65.4 Å². The van der Waals surface area contributed by atoms with Crippen LogP contribution >= 0.6 is 0 Å². The Balaban J connectivity index is 1.45. The van der Waals surface area contributed by atoms with Gasteiger partial charge in [0.15, 0.2) is 0 Å². The predicted molar refractivity (Wildman–Crippen MR) is 131 cm³/mol. The van der Waals surface area contributed by atoms with E-state index in [4.69, 9.17) is 4.74 Å². The lowest BCUT2D eigenvalue weighted by molar-refractivity contribution is -0.143. The first-order valence-corrected chi connectivity index (χ1v) is 12.1. The average molecular weight is 473 g/mol. The Labute approximate surface area is 203 Å². The number of aromatic amines is 1. The predicted octanol–water partition coefficient (Wildman–Crippen LogP) is 2.48. The average Bonchev–Trinajstić information content (AvgIpc) is 3.56. The molecular weight excluding hydrogens is 444 g/mol. The van der Waals surface area contributed by atoms with E-state index in [0.29, 0.717) is 19.4 Å². The van der Waals surface area contributed by atoms with E-state index >= 15 is 0 Å². The Morgan fingerprint density at radius 2 is 1.89 bits per heavy atom. The van der Waals surface area contributed by atoms with Crippen LogP contribution in [0.2, 0.25) is 0 Å². The van der Waals surface area contributed by atoms with E-state index in [1.807, 2.05) is 55.6 Å². The molecule has 1 spiro atoms. The molecule has 0 unspecified atom stereocenters. The second kappa shape index (κ2) is 8.03. The highest BCUT2D eigenvalue weighted by atomic mass is 16.5. The van der Waals surface area contributed by atoms with E-state index < -0.39 is 17.4 Å². The lowest BCUT2D eigenvalue weighted by atomic mass is 9.76. The number of amides is 3. The number of carbonyl (C=O) groups is 3. The number of rotatable bonds is 6. The van der Waals surface area contributed by atoms with Gasteiger partial charge < -0.3 is 15.0 Å². The number of aromatic nitrogens is 1. The first-order chi connectivity index (χ1) is 17.0. The van der Waals surface area contributed by atoms with E-state index in [1.54, 1.807) is 7.11 Å². The minimum absolute atomic E-state index is 0.209. The molecule has 0 radical (unpaired) electrons. The first kappa shape index (κ1) is 22.0. The Morgan fingerprint density at radius 1 is 1.06 bits per heavy atom. The molecule has 35 heavy (non-hydrogen) atoms. The maximum absolute atomic E-state index is 13.8. The number of benzene rings is 2. The van der Waals surface area contributed by atoms with Crippen molar-refractivity contribution in [2.45, 2.75) is 31.3 Å². The van der Waals surface area contributed by atoms with Gasteiger partial charge in [0.1, 0.15) is 5.54 Å². The SMILES string of the molecule is COCCCN1C(=O)[C@H]2[C@@H](C1=O)[C@]1(N[C@@H]2Cc2c[nH]c3ccccc23)C(=O)Nc2c(C)cccc21. The number of likely N-dealkylation sites (tertiary alicyclic amines) is 1. The number of H-pyrrole nitrogens is 1. The number of nitrogens with zero attached hydrogens (tertiary/aromatic N) is 1. The smallest absolute Gasteiger partial charge is 0.250 e. The van der Waals surface area contributed by atoms with Crippen LogP contribution in [0, 0.1) is 18.8 Å². The molecule has 2 saturated heterocycles. The molecule has 1 aromatic heterocycles. The van der Waals surface area contributed by atoms with E-state index in [2.05, 4.69) is 15.6 Å². The zero-order valence-electron chi connectivity index (χ0n) is 19.8. The van der Waals surface area contributed by atoms with Crippen LogP contribution in [-0.4, -0.2) is 53.9 Å². The molecule has 3 N–H and O–H groups in total. The molecule has 180 valence electrons. The standard InChI is InChI=1S/C27H28N4O4/c1-15-7-5-9-18-23(15)29-26(34)27(18)22-21(24(32)31(25(22)33)11-6-12-35-2)20(30-27)13-16-14-28-19-10-4-3-8-17(16)19/h3-5,7-10,14,20-22,28,30H,6,11-13H2,1-2H3,(H,29,34)/t20-,21-,22+,27+/m1/s1. The molecule has 4 atom stereocenters. The van der Waals surface area contributed by atoms with Gasteiger partial charge in [0.25, 0.3) is 0 Å². The summed E-state index contributed by atoms with van der Waals surface area (Å²) in [6.07, 6.45) is 3.03. The van der Waals surface area contributed by atoms with Crippen molar-refractivity contribution in [2.75, 3.05) is 25.6 Å². The van der Waals surface area contributed by atoms with Crippen LogP contribution in [0.4, 0.5) is 5.69 Å². The molecule has 6 rings (SSSR count). The molecule has 3 aliphatic rings. The fourth-order valence-electron chi connectivity index (χ4n) is 6.34. The third-order valence-corrected chi connectivity index (χ3v) is 7.89. The molecule has 2 fully saturated rings. The highest BCUT2D eigenvalue weighted by Gasteiger charge is 2.70. The molecule has 4 heterocycles. The van der Waals surface area contributed by atoms with Crippen LogP contribution in [0.1, 0.15) is 23.1 Å². The Morgan fingerprint density at radius 3 is 2.71 bits per heavy atom. The molecule has 2 aromatic carbocycles. The fourth-order valence-corrected chi connectivity index (χ4v) is 6.34. The topological polar surface area (TPSA) is 104 Å². The maximum atomic E-state index is 13.8. The summed E-state index contributed by atoms with van der Waals surface area (Å²) in [5.74, 6) is -2.18. The van der Waals surface area contributed by atoms with Gasteiger partial charge in [-0.3, -0.25) is 24.6 Å². The summed E-state index contributed by atoms with van der Waals surface area (Å²) in [5.41, 5.74) is 3.20. The van der Waals surface area contributed by atoms with Crippen molar-refractivity contribution < 1.29 is 19.1 Å². The number of carbonyl (C=O) groups excluding carboxylic acids is 3. The molecule has 3 aromatic rings. The molecule has 3 aliphatic heterocycles. The number of hydrogen-bond acceptors (Lipinski definition) is 5. The van der Waals surface area contributed by atoms with Crippen LogP contribution in [-0.2, 0) is 31.1 Å². The molecule has 8 nitrogen and oxygen atoms in total. The minimum atomic E-state index is -1.27. The van der Waals surface area contributed by atoms with Gasteiger partial charge in [0, 0.05) is 54.7 Å². The van der Waals surface area contributed by atoms with Crippen molar-refractivity contribution in [1.82, 2.24) is 15.2 Å². The third-order valence-electron chi connectivity index (χ3n) is 7.89. The number of fused-ring (bicyclic) bond motifs is 5. The molecule has 0 bridgehead atoms. The lowest BCUT2D eigenvalue weighted by Gasteiger charge is -2.29. The second-order valence-corrected chi connectivity index (χ2v) is 9.75. The van der Waals surface area contributed by atoms with Gasteiger partial charge in [-0.05, 0) is 37.0 Å². The van der Waals surface area contributed by atoms with Gasteiger partial charge in [-0.2, -0.15) is 0 Å². The monoisotopic (exact) mass is 472 g/mol. The third kappa shape index (κ3) is 3.03. The molecule has 0 aliphatic carbocycles. The number of anilines is 1. The number of ether oxygens (including phenoxy) is 1. The maximum Gasteiger partial charge on any atom is 0.250 e. The van der Waals surface area contributed by atoms with Gasteiger partial charge in [0.05, 0.1) is 11.8 Å². The van der Waals surface area contributed by atoms with Crippen LogP contribution in [0.25, 0.3) is 10.9 Å². The van der Waals surface area contributed by atoms with E-state index in [0.717, 1.165) is 33.3 Å². The zero-order chi connectivity index (χ0) is 24.3. The van der Waals surface area contributed by atoms with E-state index in [9.17, 15) is 14.4 Å². The number of hydrogen-bond donors (Lipinski definition) is 3. The first-order valence-electron chi connectivity index (χ1n) is 12.1.